The molecule has 0 atom stereocenters. The Hall–Kier alpha value is -2.62. The molecule has 4 nitrogen and oxygen atoms in total. The molecule has 4 heteroatoms. The number of carbonyl (C=O) groups is 1. The molecule has 0 spiro atoms. The molecule has 0 bridgehead atoms. The van der Waals surface area contributed by atoms with Crippen LogP contribution in [0, 0.1) is 0 Å². The average molecular weight is 239 g/mol. The van der Waals surface area contributed by atoms with Crippen molar-refractivity contribution in [3.63, 3.8) is 0 Å². The minimum atomic E-state index is -1.04. The van der Waals surface area contributed by atoms with Crippen LogP contribution in [0.4, 0.5) is 0 Å². The lowest BCUT2D eigenvalue weighted by molar-refractivity contribution is 0.0690. The third kappa shape index (κ3) is 1.73. The van der Waals surface area contributed by atoms with E-state index in [1.165, 1.54) is 12.3 Å². The zero-order valence-electron chi connectivity index (χ0n) is 9.33. The third-order valence-electron chi connectivity index (χ3n) is 2.69. The lowest BCUT2D eigenvalue weighted by Gasteiger charge is -1.96. The van der Waals surface area contributed by atoms with Crippen molar-refractivity contribution < 1.29 is 14.3 Å². The van der Waals surface area contributed by atoms with Crippen LogP contribution in [-0.4, -0.2) is 16.1 Å². The van der Waals surface area contributed by atoms with Crippen molar-refractivity contribution in [2.45, 2.75) is 0 Å². The number of aromatic nitrogens is 1. The normalized spacial score (nSPS) is 10.7. The van der Waals surface area contributed by atoms with E-state index in [4.69, 9.17) is 9.52 Å². The second-order valence-electron chi connectivity index (χ2n) is 3.89. The topological polar surface area (TPSA) is 63.3 Å². The standard InChI is InChI=1S/C14H9NO3/c16-14(17)11-6-5-10(8-15-11)13-7-9-3-1-2-4-12(9)18-13/h1-8H,(H,16,17). The van der Waals surface area contributed by atoms with E-state index in [0.29, 0.717) is 5.76 Å². The summed E-state index contributed by atoms with van der Waals surface area (Å²) in [5.74, 6) is -0.355. The first-order chi connectivity index (χ1) is 8.74. The summed E-state index contributed by atoms with van der Waals surface area (Å²) in [6.07, 6.45) is 1.50. The molecular formula is C14H9NO3. The fourth-order valence-electron chi connectivity index (χ4n) is 1.79. The second kappa shape index (κ2) is 4.00. The Morgan fingerprint density at radius 3 is 2.67 bits per heavy atom. The zero-order chi connectivity index (χ0) is 12.5. The van der Waals surface area contributed by atoms with Crippen molar-refractivity contribution in [2.24, 2.45) is 0 Å². The first-order valence-electron chi connectivity index (χ1n) is 5.42. The molecule has 0 amide bonds. The quantitative estimate of drug-likeness (QED) is 0.745. The summed E-state index contributed by atoms with van der Waals surface area (Å²) in [6.45, 7) is 0. The first-order valence-corrected chi connectivity index (χ1v) is 5.42. The summed E-state index contributed by atoms with van der Waals surface area (Å²) < 4.78 is 5.67. The molecule has 0 fully saturated rings. The maximum Gasteiger partial charge on any atom is 0.354 e. The number of carboxylic acid groups (broad SMARTS) is 1. The Bertz CT molecular complexity index is 680. The van der Waals surface area contributed by atoms with Gasteiger partial charge in [0.15, 0.2) is 0 Å². The van der Waals surface area contributed by atoms with Gasteiger partial charge in [-0.3, -0.25) is 0 Å². The Morgan fingerprint density at radius 2 is 2.00 bits per heavy atom. The zero-order valence-corrected chi connectivity index (χ0v) is 9.33. The lowest BCUT2D eigenvalue weighted by Crippen LogP contribution is -1.98. The summed E-state index contributed by atoms with van der Waals surface area (Å²) in [5.41, 5.74) is 1.58. The smallest absolute Gasteiger partial charge is 0.354 e. The largest absolute Gasteiger partial charge is 0.477 e. The van der Waals surface area contributed by atoms with Crippen molar-refractivity contribution in [2.75, 3.05) is 0 Å². The monoisotopic (exact) mass is 239 g/mol. The van der Waals surface area contributed by atoms with Crippen LogP contribution in [-0.2, 0) is 0 Å². The number of hydrogen-bond acceptors (Lipinski definition) is 3. The fourth-order valence-corrected chi connectivity index (χ4v) is 1.79. The SMILES string of the molecule is O=C(O)c1ccc(-c2cc3ccccc3o2)cn1. The van der Waals surface area contributed by atoms with Gasteiger partial charge in [0, 0.05) is 17.1 Å². The van der Waals surface area contributed by atoms with Crippen LogP contribution < -0.4 is 0 Å². The van der Waals surface area contributed by atoms with E-state index in [0.717, 1.165) is 16.5 Å². The summed E-state index contributed by atoms with van der Waals surface area (Å²) in [4.78, 5) is 14.6. The van der Waals surface area contributed by atoms with Gasteiger partial charge in [-0.05, 0) is 24.3 Å². The van der Waals surface area contributed by atoms with Crippen molar-refractivity contribution >= 4 is 16.9 Å². The van der Waals surface area contributed by atoms with E-state index in [2.05, 4.69) is 4.98 Å². The molecule has 2 heterocycles. The minimum absolute atomic E-state index is 0.0230. The number of rotatable bonds is 2. The minimum Gasteiger partial charge on any atom is -0.477 e. The summed E-state index contributed by atoms with van der Waals surface area (Å²) in [5, 5.41) is 9.78. The van der Waals surface area contributed by atoms with Crippen molar-refractivity contribution in [3.8, 4) is 11.3 Å². The van der Waals surface area contributed by atoms with Gasteiger partial charge in [-0.1, -0.05) is 18.2 Å². The van der Waals surface area contributed by atoms with Crippen LogP contribution in [0.5, 0.6) is 0 Å². The number of fused-ring (bicyclic) bond motifs is 1. The van der Waals surface area contributed by atoms with Crippen LogP contribution in [0.1, 0.15) is 10.5 Å². The number of furan rings is 1. The molecule has 18 heavy (non-hydrogen) atoms. The van der Waals surface area contributed by atoms with Crippen LogP contribution in [0.15, 0.2) is 53.1 Å². The van der Waals surface area contributed by atoms with E-state index in [-0.39, 0.29) is 5.69 Å². The highest BCUT2D eigenvalue weighted by atomic mass is 16.4. The van der Waals surface area contributed by atoms with Crippen LogP contribution >= 0.6 is 0 Å². The van der Waals surface area contributed by atoms with Crippen LogP contribution in [0.3, 0.4) is 0 Å². The molecule has 0 radical (unpaired) electrons. The van der Waals surface area contributed by atoms with Gasteiger partial charge in [-0.25, -0.2) is 9.78 Å². The third-order valence-corrected chi connectivity index (χ3v) is 2.69. The number of carboxylic acids is 1. The van der Waals surface area contributed by atoms with Gasteiger partial charge in [0.1, 0.15) is 17.0 Å². The summed E-state index contributed by atoms with van der Waals surface area (Å²) >= 11 is 0. The van der Waals surface area contributed by atoms with Crippen molar-refractivity contribution in [1.82, 2.24) is 4.98 Å². The molecule has 1 N–H and O–H groups in total. The summed E-state index contributed by atoms with van der Waals surface area (Å²) in [7, 11) is 0. The van der Waals surface area contributed by atoms with Gasteiger partial charge in [-0.2, -0.15) is 0 Å². The van der Waals surface area contributed by atoms with Gasteiger partial charge >= 0.3 is 5.97 Å². The fraction of sp³-hybridized carbons (Fsp3) is 0. The number of hydrogen-bond donors (Lipinski definition) is 1. The highest BCUT2D eigenvalue weighted by Gasteiger charge is 2.08. The van der Waals surface area contributed by atoms with Crippen molar-refractivity contribution in [1.29, 1.82) is 0 Å². The molecular weight excluding hydrogens is 230 g/mol. The molecule has 3 rings (SSSR count). The van der Waals surface area contributed by atoms with Crippen LogP contribution in [0.25, 0.3) is 22.3 Å². The Balaban J connectivity index is 2.06. The van der Waals surface area contributed by atoms with Gasteiger partial charge in [-0.15, -0.1) is 0 Å². The van der Waals surface area contributed by atoms with E-state index < -0.39 is 5.97 Å². The van der Waals surface area contributed by atoms with E-state index in [1.807, 2.05) is 30.3 Å². The molecule has 3 aromatic rings. The summed E-state index contributed by atoms with van der Waals surface area (Å²) in [6, 6.07) is 12.7. The molecule has 2 aromatic heterocycles. The Labute approximate surface area is 103 Å². The molecule has 0 aliphatic heterocycles. The molecule has 0 unspecified atom stereocenters. The molecule has 0 aliphatic rings. The maximum absolute atomic E-state index is 10.7. The lowest BCUT2D eigenvalue weighted by atomic mass is 10.2. The second-order valence-corrected chi connectivity index (χ2v) is 3.89. The van der Waals surface area contributed by atoms with Crippen LogP contribution in [0.2, 0.25) is 0 Å². The van der Waals surface area contributed by atoms with E-state index >= 15 is 0 Å². The van der Waals surface area contributed by atoms with Gasteiger partial charge < -0.3 is 9.52 Å². The molecule has 1 aromatic carbocycles. The van der Waals surface area contributed by atoms with Crippen molar-refractivity contribution in [3.05, 3.63) is 54.4 Å². The Morgan fingerprint density at radius 1 is 1.17 bits per heavy atom. The number of nitrogens with zero attached hydrogens (tertiary/aromatic N) is 1. The Kier molecular flexibility index (Phi) is 2.34. The van der Waals surface area contributed by atoms with E-state index in [9.17, 15) is 4.79 Å². The number of para-hydroxylation sites is 1. The van der Waals surface area contributed by atoms with Gasteiger partial charge in [0.25, 0.3) is 0 Å². The first kappa shape index (κ1) is 10.5. The highest BCUT2D eigenvalue weighted by Crippen LogP contribution is 2.27. The average Bonchev–Trinajstić information content (AvgIpc) is 2.82. The predicted molar refractivity (Wildman–Crippen MR) is 66.4 cm³/mol. The number of benzene rings is 1. The van der Waals surface area contributed by atoms with E-state index in [1.54, 1.807) is 6.07 Å². The molecule has 0 saturated carbocycles. The molecule has 0 saturated heterocycles. The van der Waals surface area contributed by atoms with Gasteiger partial charge in [0.05, 0.1) is 0 Å². The highest BCUT2D eigenvalue weighted by molar-refractivity contribution is 5.86. The predicted octanol–water partition coefficient (Wildman–Crippen LogP) is 3.19. The number of aromatic carboxylic acids is 1. The van der Waals surface area contributed by atoms with Gasteiger partial charge in [0.2, 0.25) is 0 Å². The molecule has 88 valence electrons. The molecule has 0 aliphatic carbocycles. The maximum atomic E-state index is 10.7. The number of pyridine rings is 1.